The summed E-state index contributed by atoms with van der Waals surface area (Å²) >= 11 is 0. The minimum atomic E-state index is -0.225. The van der Waals surface area contributed by atoms with E-state index < -0.39 is 0 Å². The fourth-order valence-corrected chi connectivity index (χ4v) is 2.37. The standard InChI is InChI=1S/C18H20FN3O2.HI/c1-2-20-18(22-11-14-5-3-4-6-15(14)19)21-10-13-7-8-16-17(9-13)24-12-23-16;/h3-9H,2,10-12H2,1H3,(H2,20,21,22);1H. The summed E-state index contributed by atoms with van der Waals surface area (Å²) in [6, 6.07) is 12.5. The smallest absolute Gasteiger partial charge is 0.231 e. The molecule has 2 aromatic carbocycles. The maximum Gasteiger partial charge on any atom is 0.231 e. The van der Waals surface area contributed by atoms with Crippen molar-refractivity contribution in [3.05, 3.63) is 59.4 Å². The van der Waals surface area contributed by atoms with E-state index in [1.54, 1.807) is 12.1 Å². The molecule has 25 heavy (non-hydrogen) atoms. The van der Waals surface area contributed by atoms with Crippen molar-refractivity contribution in [3.8, 4) is 11.5 Å². The summed E-state index contributed by atoms with van der Waals surface area (Å²) in [5, 5.41) is 6.30. The Labute approximate surface area is 163 Å². The molecule has 0 amide bonds. The fourth-order valence-electron chi connectivity index (χ4n) is 2.37. The van der Waals surface area contributed by atoms with Gasteiger partial charge in [-0.2, -0.15) is 0 Å². The van der Waals surface area contributed by atoms with Crippen LogP contribution in [0.1, 0.15) is 18.1 Å². The highest BCUT2D eigenvalue weighted by Gasteiger charge is 2.13. The van der Waals surface area contributed by atoms with Crippen molar-refractivity contribution in [2.75, 3.05) is 13.3 Å². The van der Waals surface area contributed by atoms with Crippen molar-refractivity contribution in [3.63, 3.8) is 0 Å². The number of guanidine groups is 1. The molecule has 134 valence electrons. The first-order valence-corrected chi connectivity index (χ1v) is 7.90. The molecule has 0 unspecified atom stereocenters. The Hall–Kier alpha value is -2.03. The van der Waals surface area contributed by atoms with E-state index in [4.69, 9.17) is 9.47 Å². The summed E-state index contributed by atoms with van der Waals surface area (Å²) < 4.78 is 24.3. The minimum Gasteiger partial charge on any atom is -0.454 e. The molecule has 1 aliphatic heterocycles. The predicted molar refractivity (Wildman–Crippen MR) is 106 cm³/mol. The average molecular weight is 457 g/mol. The summed E-state index contributed by atoms with van der Waals surface area (Å²) in [6.45, 7) is 3.84. The normalized spacial score (nSPS) is 12.5. The van der Waals surface area contributed by atoms with E-state index in [-0.39, 0.29) is 36.6 Å². The predicted octanol–water partition coefficient (Wildman–Crippen LogP) is 3.43. The molecule has 0 bridgehead atoms. The van der Waals surface area contributed by atoms with Crippen molar-refractivity contribution in [1.82, 2.24) is 10.6 Å². The lowest BCUT2D eigenvalue weighted by Gasteiger charge is -2.12. The molecule has 0 aliphatic carbocycles. The molecule has 1 heterocycles. The molecule has 3 rings (SSSR count). The number of halogens is 2. The Bertz CT molecular complexity index is 740. The highest BCUT2D eigenvalue weighted by Crippen LogP contribution is 2.32. The zero-order valence-electron chi connectivity index (χ0n) is 13.9. The molecule has 0 radical (unpaired) electrons. The molecule has 0 aromatic heterocycles. The van der Waals surface area contributed by atoms with Crippen molar-refractivity contribution in [2.45, 2.75) is 20.0 Å². The second kappa shape index (κ2) is 9.45. The number of benzene rings is 2. The first-order chi connectivity index (χ1) is 11.8. The highest BCUT2D eigenvalue weighted by atomic mass is 127. The van der Waals surface area contributed by atoms with Crippen LogP contribution in [-0.2, 0) is 13.1 Å². The molecule has 0 saturated heterocycles. The van der Waals surface area contributed by atoms with Crippen molar-refractivity contribution >= 4 is 29.9 Å². The second-order valence-electron chi connectivity index (χ2n) is 5.33. The number of nitrogens with zero attached hydrogens (tertiary/aromatic N) is 1. The second-order valence-corrected chi connectivity index (χ2v) is 5.33. The number of aliphatic imine (C=N–C) groups is 1. The van der Waals surface area contributed by atoms with Crippen LogP contribution in [0.5, 0.6) is 11.5 Å². The molecule has 0 spiro atoms. The third kappa shape index (κ3) is 5.22. The zero-order chi connectivity index (χ0) is 16.8. The van der Waals surface area contributed by atoms with E-state index in [1.807, 2.05) is 31.2 Å². The Morgan fingerprint density at radius 2 is 1.92 bits per heavy atom. The van der Waals surface area contributed by atoms with E-state index in [1.165, 1.54) is 6.07 Å². The zero-order valence-corrected chi connectivity index (χ0v) is 16.3. The third-order valence-electron chi connectivity index (χ3n) is 3.61. The van der Waals surface area contributed by atoms with Gasteiger partial charge in [0, 0.05) is 18.7 Å². The topological polar surface area (TPSA) is 54.9 Å². The van der Waals surface area contributed by atoms with Crippen LogP contribution in [0.4, 0.5) is 4.39 Å². The maximum absolute atomic E-state index is 13.7. The Morgan fingerprint density at radius 3 is 2.72 bits per heavy atom. The van der Waals surface area contributed by atoms with E-state index in [0.717, 1.165) is 23.6 Å². The first kappa shape index (κ1) is 19.3. The summed E-state index contributed by atoms with van der Waals surface area (Å²) in [4.78, 5) is 4.53. The Morgan fingerprint density at radius 1 is 1.12 bits per heavy atom. The van der Waals surface area contributed by atoms with Gasteiger partial charge in [-0.15, -0.1) is 24.0 Å². The first-order valence-electron chi connectivity index (χ1n) is 7.90. The van der Waals surface area contributed by atoms with E-state index in [2.05, 4.69) is 15.6 Å². The van der Waals surface area contributed by atoms with E-state index >= 15 is 0 Å². The fraction of sp³-hybridized carbons (Fsp3) is 0.278. The lowest BCUT2D eigenvalue weighted by atomic mass is 10.2. The molecule has 7 heteroatoms. The van der Waals surface area contributed by atoms with Gasteiger partial charge in [0.1, 0.15) is 5.82 Å². The SMILES string of the molecule is CCNC(=NCc1ccc2c(c1)OCO2)NCc1ccccc1F.I. The number of fused-ring (bicyclic) bond motifs is 1. The summed E-state index contributed by atoms with van der Waals surface area (Å²) in [6.07, 6.45) is 0. The molecule has 0 atom stereocenters. The average Bonchev–Trinajstić information content (AvgIpc) is 3.06. The Kier molecular flexibility index (Phi) is 7.30. The highest BCUT2D eigenvalue weighted by molar-refractivity contribution is 14.0. The molecular weight excluding hydrogens is 436 g/mol. The summed E-state index contributed by atoms with van der Waals surface area (Å²) in [7, 11) is 0. The number of hydrogen-bond acceptors (Lipinski definition) is 3. The van der Waals surface area contributed by atoms with Gasteiger partial charge >= 0.3 is 0 Å². The number of hydrogen-bond donors (Lipinski definition) is 2. The van der Waals surface area contributed by atoms with E-state index in [9.17, 15) is 4.39 Å². The van der Waals surface area contributed by atoms with Gasteiger partial charge in [-0.1, -0.05) is 24.3 Å². The number of nitrogens with one attached hydrogen (secondary N) is 2. The van der Waals surface area contributed by atoms with Crippen molar-refractivity contribution in [1.29, 1.82) is 0 Å². The van der Waals surface area contributed by atoms with Crippen LogP contribution < -0.4 is 20.1 Å². The quantitative estimate of drug-likeness (QED) is 0.411. The van der Waals surface area contributed by atoms with Crippen molar-refractivity contribution < 1.29 is 13.9 Å². The van der Waals surface area contributed by atoms with Gasteiger partial charge in [-0.05, 0) is 30.7 Å². The van der Waals surface area contributed by atoms with Gasteiger partial charge in [-0.3, -0.25) is 0 Å². The van der Waals surface area contributed by atoms with Gasteiger partial charge in [0.2, 0.25) is 6.79 Å². The molecule has 5 nitrogen and oxygen atoms in total. The minimum absolute atomic E-state index is 0. The molecule has 0 saturated carbocycles. The lowest BCUT2D eigenvalue weighted by Crippen LogP contribution is -2.37. The third-order valence-corrected chi connectivity index (χ3v) is 3.61. The molecule has 1 aliphatic rings. The van der Waals surface area contributed by atoms with Crippen LogP contribution in [0, 0.1) is 5.82 Å². The monoisotopic (exact) mass is 457 g/mol. The van der Waals surface area contributed by atoms with Crippen LogP contribution in [0.3, 0.4) is 0 Å². The van der Waals surface area contributed by atoms with Crippen molar-refractivity contribution in [2.24, 2.45) is 4.99 Å². The largest absolute Gasteiger partial charge is 0.454 e. The lowest BCUT2D eigenvalue weighted by molar-refractivity contribution is 0.174. The molecular formula is C18H21FIN3O2. The maximum atomic E-state index is 13.7. The molecule has 2 N–H and O–H groups in total. The summed E-state index contributed by atoms with van der Waals surface area (Å²) in [5.74, 6) is 1.91. The van der Waals surface area contributed by atoms with Gasteiger partial charge in [0.15, 0.2) is 17.5 Å². The number of ether oxygens (including phenoxy) is 2. The van der Waals surface area contributed by atoms with Crippen LogP contribution >= 0.6 is 24.0 Å². The van der Waals surface area contributed by atoms with Gasteiger partial charge in [0.05, 0.1) is 6.54 Å². The summed E-state index contributed by atoms with van der Waals surface area (Å²) in [5.41, 5.74) is 1.62. The van der Waals surface area contributed by atoms with Crippen LogP contribution in [0.2, 0.25) is 0 Å². The van der Waals surface area contributed by atoms with Gasteiger partial charge in [-0.25, -0.2) is 9.38 Å². The van der Waals surface area contributed by atoms with Crippen LogP contribution in [0.25, 0.3) is 0 Å². The van der Waals surface area contributed by atoms with E-state index in [0.29, 0.717) is 24.6 Å². The Balaban J connectivity index is 0.00000225. The van der Waals surface area contributed by atoms with Gasteiger partial charge < -0.3 is 20.1 Å². The van der Waals surface area contributed by atoms with Gasteiger partial charge in [0.25, 0.3) is 0 Å². The van der Waals surface area contributed by atoms with Crippen LogP contribution in [-0.4, -0.2) is 19.3 Å². The molecule has 0 fully saturated rings. The number of rotatable bonds is 5. The molecule has 2 aromatic rings. The van der Waals surface area contributed by atoms with Crippen LogP contribution in [0.15, 0.2) is 47.5 Å².